The summed E-state index contributed by atoms with van der Waals surface area (Å²) in [6.07, 6.45) is 2.31. The first-order chi connectivity index (χ1) is 6.16. The largest absolute Gasteiger partial charge is 0.478 e. The highest BCUT2D eigenvalue weighted by Gasteiger charge is 1.97. The number of aliphatic carboxylic acids is 1. The van der Waals surface area contributed by atoms with Crippen molar-refractivity contribution in [3.8, 4) is 6.07 Å². The van der Waals surface area contributed by atoms with Crippen molar-refractivity contribution in [1.29, 1.82) is 5.26 Å². The minimum Gasteiger partial charge on any atom is -0.478 e. The SMILES string of the molecule is N#CCCCOC(=O)/C=C/C(=O)O. The van der Waals surface area contributed by atoms with Crippen LogP contribution in [-0.2, 0) is 14.3 Å². The lowest BCUT2D eigenvalue weighted by molar-refractivity contribution is -0.138. The Morgan fingerprint density at radius 1 is 1.46 bits per heavy atom. The first-order valence-electron chi connectivity index (χ1n) is 3.61. The van der Waals surface area contributed by atoms with Gasteiger partial charge in [0.1, 0.15) is 0 Å². The predicted octanol–water partition coefficient (Wildman–Crippen LogP) is 0.474. The molecule has 0 bridgehead atoms. The van der Waals surface area contributed by atoms with E-state index in [0.29, 0.717) is 18.9 Å². The maximum absolute atomic E-state index is 10.7. The number of nitrogens with zero attached hydrogens (tertiary/aromatic N) is 1. The van der Waals surface area contributed by atoms with Gasteiger partial charge in [0.2, 0.25) is 0 Å². The highest BCUT2D eigenvalue weighted by molar-refractivity contribution is 5.90. The summed E-state index contributed by atoms with van der Waals surface area (Å²) in [6.45, 7) is 0.135. The van der Waals surface area contributed by atoms with Crippen LogP contribution in [0.4, 0.5) is 0 Å². The standard InChI is InChI=1S/C8H9NO4/c9-5-1-2-6-13-8(12)4-3-7(10)11/h3-4H,1-2,6H2,(H,10,11)/b4-3+. The molecule has 1 N–H and O–H groups in total. The van der Waals surface area contributed by atoms with E-state index in [1.54, 1.807) is 0 Å². The van der Waals surface area contributed by atoms with Gasteiger partial charge in [-0.05, 0) is 6.42 Å². The maximum Gasteiger partial charge on any atom is 0.331 e. The van der Waals surface area contributed by atoms with Crippen LogP contribution in [0.2, 0.25) is 0 Å². The molecule has 0 spiro atoms. The summed E-state index contributed by atoms with van der Waals surface area (Å²) in [7, 11) is 0. The number of nitriles is 1. The highest BCUT2D eigenvalue weighted by atomic mass is 16.5. The zero-order chi connectivity index (χ0) is 10.1. The second-order valence-corrected chi connectivity index (χ2v) is 2.10. The van der Waals surface area contributed by atoms with Gasteiger partial charge in [0, 0.05) is 18.6 Å². The minimum absolute atomic E-state index is 0.135. The molecule has 0 aliphatic carbocycles. The molecule has 0 aromatic rings. The van der Waals surface area contributed by atoms with Crippen LogP contribution in [0.15, 0.2) is 12.2 Å². The van der Waals surface area contributed by atoms with E-state index in [0.717, 1.165) is 6.08 Å². The Bertz CT molecular complexity index is 251. The monoisotopic (exact) mass is 183 g/mol. The van der Waals surface area contributed by atoms with Crippen LogP contribution >= 0.6 is 0 Å². The van der Waals surface area contributed by atoms with Crippen LogP contribution in [0, 0.1) is 11.3 Å². The first kappa shape index (κ1) is 11.2. The predicted molar refractivity (Wildman–Crippen MR) is 42.6 cm³/mol. The van der Waals surface area contributed by atoms with E-state index < -0.39 is 11.9 Å². The molecule has 0 fully saturated rings. The zero-order valence-electron chi connectivity index (χ0n) is 6.90. The Hall–Kier alpha value is -1.83. The highest BCUT2D eigenvalue weighted by Crippen LogP contribution is 1.89. The van der Waals surface area contributed by atoms with E-state index in [2.05, 4.69) is 4.74 Å². The number of rotatable bonds is 5. The lowest BCUT2D eigenvalue weighted by Gasteiger charge is -1.97. The van der Waals surface area contributed by atoms with E-state index in [4.69, 9.17) is 10.4 Å². The Kier molecular flexibility index (Phi) is 5.89. The van der Waals surface area contributed by atoms with Gasteiger partial charge in [-0.25, -0.2) is 9.59 Å². The summed E-state index contributed by atoms with van der Waals surface area (Å²) >= 11 is 0. The van der Waals surface area contributed by atoms with Gasteiger partial charge in [-0.15, -0.1) is 0 Å². The van der Waals surface area contributed by atoms with E-state index >= 15 is 0 Å². The summed E-state index contributed by atoms with van der Waals surface area (Å²) in [6, 6.07) is 1.89. The molecular formula is C8H9NO4. The number of carbonyl (C=O) groups is 2. The van der Waals surface area contributed by atoms with E-state index in [-0.39, 0.29) is 6.61 Å². The van der Waals surface area contributed by atoms with E-state index in [1.807, 2.05) is 6.07 Å². The van der Waals surface area contributed by atoms with Crippen LogP contribution in [-0.4, -0.2) is 23.7 Å². The fourth-order valence-corrected chi connectivity index (χ4v) is 0.511. The molecule has 0 aromatic carbocycles. The van der Waals surface area contributed by atoms with Crippen LogP contribution in [0.5, 0.6) is 0 Å². The van der Waals surface area contributed by atoms with Gasteiger partial charge in [0.25, 0.3) is 0 Å². The number of hydrogen-bond acceptors (Lipinski definition) is 4. The molecule has 5 heteroatoms. The average Bonchev–Trinajstić information content (AvgIpc) is 2.09. The molecule has 0 rings (SSSR count). The van der Waals surface area contributed by atoms with Crippen LogP contribution in [0.25, 0.3) is 0 Å². The van der Waals surface area contributed by atoms with Gasteiger partial charge in [0.15, 0.2) is 0 Å². The van der Waals surface area contributed by atoms with Crippen molar-refractivity contribution in [2.45, 2.75) is 12.8 Å². The Morgan fingerprint density at radius 3 is 2.69 bits per heavy atom. The summed E-state index contributed by atoms with van der Waals surface area (Å²) in [5.41, 5.74) is 0. The smallest absolute Gasteiger partial charge is 0.331 e. The third-order valence-electron chi connectivity index (χ3n) is 1.04. The van der Waals surface area contributed by atoms with Crippen molar-refractivity contribution in [3.05, 3.63) is 12.2 Å². The molecule has 0 radical (unpaired) electrons. The van der Waals surface area contributed by atoms with Crippen LogP contribution < -0.4 is 0 Å². The maximum atomic E-state index is 10.7. The summed E-state index contributed by atoms with van der Waals surface area (Å²) < 4.78 is 4.55. The van der Waals surface area contributed by atoms with Gasteiger partial charge in [-0.3, -0.25) is 0 Å². The Labute approximate surface area is 75.2 Å². The molecule has 0 saturated heterocycles. The molecule has 0 aliphatic heterocycles. The normalized spacial score (nSPS) is 9.46. The lowest BCUT2D eigenvalue weighted by Crippen LogP contribution is -2.03. The quantitative estimate of drug-likeness (QED) is 0.380. The van der Waals surface area contributed by atoms with Crippen molar-refractivity contribution in [1.82, 2.24) is 0 Å². The van der Waals surface area contributed by atoms with Crippen molar-refractivity contribution >= 4 is 11.9 Å². The Morgan fingerprint density at radius 2 is 2.15 bits per heavy atom. The topological polar surface area (TPSA) is 87.4 Å². The molecule has 0 atom stereocenters. The number of hydrogen-bond donors (Lipinski definition) is 1. The average molecular weight is 183 g/mol. The number of carboxylic acids is 1. The number of ether oxygens (including phenoxy) is 1. The van der Waals surface area contributed by atoms with Gasteiger partial charge in [0.05, 0.1) is 12.7 Å². The molecule has 0 unspecified atom stereocenters. The third-order valence-corrected chi connectivity index (χ3v) is 1.04. The number of unbranched alkanes of at least 4 members (excludes halogenated alkanes) is 1. The Balaban J connectivity index is 3.53. The first-order valence-corrected chi connectivity index (χ1v) is 3.61. The fourth-order valence-electron chi connectivity index (χ4n) is 0.511. The van der Waals surface area contributed by atoms with E-state index in [9.17, 15) is 9.59 Å². The molecule has 0 amide bonds. The molecule has 0 saturated carbocycles. The summed E-state index contributed by atoms with van der Waals surface area (Å²) in [5.74, 6) is -1.91. The molecule has 70 valence electrons. The van der Waals surface area contributed by atoms with Gasteiger partial charge >= 0.3 is 11.9 Å². The number of esters is 1. The lowest BCUT2D eigenvalue weighted by atomic mass is 10.3. The van der Waals surface area contributed by atoms with Crippen LogP contribution in [0.3, 0.4) is 0 Å². The van der Waals surface area contributed by atoms with Crippen molar-refractivity contribution in [3.63, 3.8) is 0 Å². The summed E-state index contributed by atoms with van der Waals surface area (Å²) in [5, 5.41) is 16.3. The second kappa shape index (κ2) is 6.85. The van der Waals surface area contributed by atoms with E-state index in [1.165, 1.54) is 0 Å². The molecule has 0 aliphatic rings. The zero-order valence-corrected chi connectivity index (χ0v) is 6.90. The van der Waals surface area contributed by atoms with Crippen molar-refractivity contribution in [2.75, 3.05) is 6.61 Å². The molecule has 0 heterocycles. The number of carboxylic acid groups (broad SMARTS) is 1. The minimum atomic E-state index is -1.20. The fraction of sp³-hybridized carbons (Fsp3) is 0.375. The molecular weight excluding hydrogens is 174 g/mol. The van der Waals surface area contributed by atoms with Gasteiger partial charge in [-0.1, -0.05) is 0 Å². The molecule has 0 aromatic heterocycles. The molecule has 5 nitrogen and oxygen atoms in total. The van der Waals surface area contributed by atoms with Crippen molar-refractivity contribution in [2.24, 2.45) is 0 Å². The van der Waals surface area contributed by atoms with Crippen molar-refractivity contribution < 1.29 is 19.4 Å². The molecule has 13 heavy (non-hydrogen) atoms. The number of carbonyl (C=O) groups excluding carboxylic acids is 1. The van der Waals surface area contributed by atoms with Crippen LogP contribution in [0.1, 0.15) is 12.8 Å². The van der Waals surface area contributed by atoms with Gasteiger partial charge < -0.3 is 9.84 Å². The summed E-state index contributed by atoms with van der Waals surface area (Å²) in [4.78, 5) is 20.6. The van der Waals surface area contributed by atoms with Gasteiger partial charge in [-0.2, -0.15) is 5.26 Å². The third kappa shape index (κ3) is 8.07. The second-order valence-electron chi connectivity index (χ2n) is 2.10.